The maximum absolute atomic E-state index is 12.3. The normalized spacial score (nSPS) is 20.6. The molecule has 2 aromatic carbocycles. The van der Waals surface area contributed by atoms with Gasteiger partial charge in [-0.3, -0.25) is 0 Å². The molecule has 6 heteroatoms. The average molecular weight is 333 g/mol. The summed E-state index contributed by atoms with van der Waals surface area (Å²) in [6.07, 6.45) is -1.81. The van der Waals surface area contributed by atoms with E-state index in [0.717, 1.165) is 11.1 Å². The summed E-state index contributed by atoms with van der Waals surface area (Å²) in [5, 5.41) is 22.5. The van der Waals surface area contributed by atoms with Gasteiger partial charge >= 0.3 is 6.03 Å². The summed E-state index contributed by atoms with van der Waals surface area (Å²) in [4.78, 5) is 13.7. The number of halogens is 1. The van der Waals surface area contributed by atoms with Gasteiger partial charge in [0.25, 0.3) is 0 Å². The van der Waals surface area contributed by atoms with Crippen LogP contribution in [-0.2, 0) is 0 Å². The molecule has 0 radical (unpaired) electrons. The number of hydrogen-bond donors (Lipinski definition) is 3. The summed E-state index contributed by atoms with van der Waals surface area (Å²) in [6, 6.07) is 14.5. The molecule has 0 aliphatic carbocycles. The van der Waals surface area contributed by atoms with Crippen LogP contribution in [0.15, 0.2) is 48.5 Å². The lowest BCUT2D eigenvalue weighted by molar-refractivity contribution is 0.0572. The molecule has 3 rings (SSSR count). The smallest absolute Gasteiger partial charge is 0.322 e. The number of hydrogen-bond acceptors (Lipinski definition) is 3. The van der Waals surface area contributed by atoms with Crippen LogP contribution in [0, 0.1) is 0 Å². The summed E-state index contributed by atoms with van der Waals surface area (Å²) in [6.45, 7) is 0.225. The number of carbonyl (C=O) groups excluding carboxylic acids is 1. The predicted octanol–water partition coefficient (Wildman–Crippen LogP) is 2.58. The molecule has 1 aliphatic rings. The number of anilines is 1. The van der Waals surface area contributed by atoms with Crippen LogP contribution in [0.4, 0.5) is 10.5 Å². The number of urea groups is 1. The summed E-state index contributed by atoms with van der Waals surface area (Å²) in [5.74, 6) is 0. The van der Waals surface area contributed by atoms with E-state index in [0.29, 0.717) is 10.7 Å². The van der Waals surface area contributed by atoms with E-state index < -0.39 is 12.2 Å². The molecule has 120 valence electrons. The highest BCUT2D eigenvalue weighted by Gasteiger charge is 2.32. The minimum Gasteiger partial charge on any atom is -0.388 e. The Hall–Kier alpha value is -2.08. The maximum Gasteiger partial charge on any atom is 0.322 e. The number of nitrogens with zero attached hydrogens (tertiary/aromatic N) is 1. The molecular formula is C17H17ClN2O3. The first-order valence-electron chi connectivity index (χ1n) is 7.31. The Bertz CT molecular complexity index is 698. The van der Waals surface area contributed by atoms with Crippen molar-refractivity contribution in [1.82, 2.24) is 4.90 Å². The van der Waals surface area contributed by atoms with Crippen LogP contribution in [0.25, 0.3) is 11.1 Å². The van der Waals surface area contributed by atoms with Crippen LogP contribution in [0.1, 0.15) is 0 Å². The van der Waals surface area contributed by atoms with Crippen LogP contribution < -0.4 is 5.32 Å². The van der Waals surface area contributed by atoms with Gasteiger partial charge in [0.2, 0.25) is 0 Å². The Morgan fingerprint density at radius 3 is 2.39 bits per heavy atom. The van der Waals surface area contributed by atoms with E-state index in [9.17, 15) is 15.0 Å². The lowest BCUT2D eigenvalue weighted by Crippen LogP contribution is -2.34. The first-order valence-corrected chi connectivity index (χ1v) is 7.69. The molecule has 5 nitrogen and oxygen atoms in total. The number of aliphatic hydroxyl groups is 2. The predicted molar refractivity (Wildman–Crippen MR) is 89.5 cm³/mol. The van der Waals surface area contributed by atoms with Crippen molar-refractivity contribution >= 4 is 23.3 Å². The van der Waals surface area contributed by atoms with Crippen LogP contribution in [0.3, 0.4) is 0 Å². The summed E-state index contributed by atoms with van der Waals surface area (Å²) >= 11 is 6.08. The van der Waals surface area contributed by atoms with Crippen LogP contribution >= 0.6 is 11.6 Å². The van der Waals surface area contributed by atoms with Gasteiger partial charge in [-0.1, -0.05) is 41.9 Å². The fourth-order valence-corrected chi connectivity index (χ4v) is 2.78. The molecule has 3 N–H and O–H groups in total. The van der Waals surface area contributed by atoms with Crippen LogP contribution in [0.2, 0.25) is 5.02 Å². The molecule has 1 aliphatic heterocycles. The second-order valence-electron chi connectivity index (χ2n) is 5.53. The lowest BCUT2D eigenvalue weighted by atomic mass is 10.0. The van der Waals surface area contributed by atoms with Gasteiger partial charge in [0, 0.05) is 10.6 Å². The Labute approximate surface area is 139 Å². The number of carbonyl (C=O) groups is 1. The van der Waals surface area contributed by atoms with Crippen molar-refractivity contribution in [3.05, 3.63) is 53.6 Å². The number of rotatable bonds is 2. The molecule has 0 aromatic heterocycles. The number of nitrogens with one attached hydrogen (secondary N) is 1. The van der Waals surface area contributed by atoms with E-state index in [1.807, 2.05) is 30.3 Å². The highest BCUT2D eigenvalue weighted by Crippen LogP contribution is 2.31. The van der Waals surface area contributed by atoms with E-state index >= 15 is 0 Å². The van der Waals surface area contributed by atoms with Gasteiger partial charge < -0.3 is 20.4 Å². The van der Waals surface area contributed by atoms with Gasteiger partial charge in [-0.05, 0) is 23.8 Å². The molecular weight excluding hydrogens is 316 g/mol. The van der Waals surface area contributed by atoms with Crippen molar-refractivity contribution in [1.29, 1.82) is 0 Å². The first-order chi connectivity index (χ1) is 11.0. The Kier molecular flexibility index (Phi) is 4.52. The lowest BCUT2D eigenvalue weighted by Gasteiger charge is -2.18. The zero-order valence-corrected chi connectivity index (χ0v) is 13.1. The van der Waals surface area contributed by atoms with E-state index in [1.54, 1.807) is 18.2 Å². The van der Waals surface area contributed by atoms with Gasteiger partial charge in [0.15, 0.2) is 0 Å². The molecule has 2 aromatic rings. The summed E-state index contributed by atoms with van der Waals surface area (Å²) in [7, 11) is 0. The van der Waals surface area contributed by atoms with Gasteiger partial charge in [-0.25, -0.2) is 4.79 Å². The highest BCUT2D eigenvalue weighted by molar-refractivity contribution is 6.31. The minimum atomic E-state index is -0.903. The number of benzene rings is 2. The molecule has 0 bridgehead atoms. The third kappa shape index (κ3) is 3.47. The third-order valence-electron chi connectivity index (χ3n) is 3.85. The zero-order valence-electron chi connectivity index (χ0n) is 12.3. The van der Waals surface area contributed by atoms with E-state index in [1.165, 1.54) is 4.90 Å². The quantitative estimate of drug-likeness (QED) is 0.791. The fourth-order valence-electron chi connectivity index (χ4n) is 2.61. The standard InChI is InChI=1S/C17H17ClN2O3/c18-12-6-7-14(13(8-12)11-4-2-1-3-5-11)19-17(23)20-9-15(21)16(22)10-20/h1-8,15-16,21-22H,9-10H2,(H,19,23)/t15-,16-/m0/s1. The Morgan fingerprint density at radius 2 is 1.74 bits per heavy atom. The third-order valence-corrected chi connectivity index (χ3v) is 4.09. The fraction of sp³-hybridized carbons (Fsp3) is 0.235. The number of β-amino-alcohol motifs (C(OH)–C–C–N with tert-alkyl or cyclic N) is 2. The average Bonchev–Trinajstić information content (AvgIpc) is 2.89. The van der Waals surface area contributed by atoms with Crippen molar-refractivity contribution < 1.29 is 15.0 Å². The molecule has 2 amide bonds. The SMILES string of the molecule is O=C(Nc1ccc(Cl)cc1-c1ccccc1)N1C[C@H](O)[C@@H](O)C1. The number of likely N-dealkylation sites (tertiary alicyclic amines) is 1. The van der Waals surface area contributed by atoms with Gasteiger partial charge in [-0.15, -0.1) is 0 Å². The van der Waals surface area contributed by atoms with Crippen molar-refractivity contribution in [2.75, 3.05) is 18.4 Å². The number of aliphatic hydroxyl groups excluding tert-OH is 2. The number of amides is 2. The van der Waals surface area contributed by atoms with Gasteiger partial charge in [-0.2, -0.15) is 0 Å². The maximum atomic E-state index is 12.3. The second kappa shape index (κ2) is 6.58. The zero-order chi connectivity index (χ0) is 16.4. The second-order valence-corrected chi connectivity index (χ2v) is 5.96. The first kappa shape index (κ1) is 15.8. The van der Waals surface area contributed by atoms with Crippen molar-refractivity contribution in [2.45, 2.75) is 12.2 Å². The molecule has 1 heterocycles. The Balaban J connectivity index is 1.85. The monoisotopic (exact) mass is 332 g/mol. The topological polar surface area (TPSA) is 72.8 Å². The van der Waals surface area contributed by atoms with Crippen LogP contribution in [0.5, 0.6) is 0 Å². The Morgan fingerprint density at radius 1 is 1.09 bits per heavy atom. The van der Waals surface area contributed by atoms with Gasteiger partial charge in [0.1, 0.15) is 0 Å². The summed E-state index contributed by atoms with van der Waals surface area (Å²) < 4.78 is 0. The molecule has 1 saturated heterocycles. The largest absolute Gasteiger partial charge is 0.388 e. The molecule has 23 heavy (non-hydrogen) atoms. The molecule has 0 spiro atoms. The molecule has 1 fully saturated rings. The van der Waals surface area contributed by atoms with Crippen molar-refractivity contribution in [3.8, 4) is 11.1 Å². The molecule has 0 unspecified atom stereocenters. The van der Waals surface area contributed by atoms with E-state index in [4.69, 9.17) is 11.6 Å². The van der Waals surface area contributed by atoms with Crippen molar-refractivity contribution in [3.63, 3.8) is 0 Å². The van der Waals surface area contributed by atoms with E-state index in [2.05, 4.69) is 5.32 Å². The van der Waals surface area contributed by atoms with Crippen LogP contribution in [-0.4, -0.2) is 46.4 Å². The van der Waals surface area contributed by atoms with E-state index in [-0.39, 0.29) is 19.1 Å². The van der Waals surface area contributed by atoms with Gasteiger partial charge in [0.05, 0.1) is 31.0 Å². The van der Waals surface area contributed by atoms with Crippen molar-refractivity contribution in [2.24, 2.45) is 0 Å². The molecule has 2 atom stereocenters. The highest BCUT2D eigenvalue weighted by atomic mass is 35.5. The molecule has 0 saturated carbocycles. The minimum absolute atomic E-state index is 0.112. The summed E-state index contributed by atoms with van der Waals surface area (Å²) in [5.41, 5.74) is 2.38.